The molecule has 14 rings (SSSR count). The molecule has 18 atom stereocenters. The number of phenols is 2. The summed E-state index contributed by atoms with van der Waals surface area (Å²) >= 11 is 11.9. The highest BCUT2D eigenvalue weighted by molar-refractivity contribution is 7.72. The largest absolute Gasteiger partial charge is 0.507 e. The van der Waals surface area contributed by atoms with Gasteiger partial charge in [-0.1, -0.05) is 137 Å². The normalized spacial score (nSPS) is 29.6. The van der Waals surface area contributed by atoms with Crippen LogP contribution in [0.15, 0.2) is 115 Å². The van der Waals surface area contributed by atoms with Crippen molar-refractivity contribution >= 4 is 148 Å². The van der Waals surface area contributed by atoms with Gasteiger partial charge in [-0.25, -0.2) is 9.97 Å². The molecule has 9 bridgehead atoms. The lowest BCUT2D eigenvalue weighted by Gasteiger charge is -2.38. The van der Waals surface area contributed by atoms with Crippen LogP contribution in [-0.4, -0.2) is 224 Å². The van der Waals surface area contributed by atoms with E-state index in [0.717, 1.165) is 83.2 Å². The lowest BCUT2D eigenvalue weighted by Crippen LogP contribution is -2.47. The molecule has 0 saturated carbocycles. The molecule has 6 aliphatic rings. The summed E-state index contributed by atoms with van der Waals surface area (Å²) < 4.78 is 62.3. The SMILES string of the molecule is CCCN1CCN(c2cc(=S)c3nc4c(oc3c2)c2c(=O)c3c(O)c(C)c5c(c34)=C(O)C(C)(O/C=C/[C@H](OC)[C@@H](C)[C@@H](OC(C)=O)[C@H](C)[C@H](O)[C@H](C)[C@@H](O)[C@@H](C)/C=C/C=C(/C)C(=O)N2)O5)CC1.CO[C@H]1/C=C/OC2(C)Oc3c(C)c(O)c4c(=O)c(c5oc6cc(N7CCN(CC(C)C)CC7)cc(=S)c6nc5c4c3=C2O)NC(=O)/C(C)=C\C=C\[C@H](C)[C@H](O)[C@@H](C)[C@@H](O)[C@@H](C)[C@H](OC(C)=O)[C@@H]1C. The minimum absolute atomic E-state index is 0.0000632. The lowest BCUT2D eigenvalue weighted by atomic mass is 9.78. The second kappa shape index (κ2) is 41.0. The van der Waals surface area contributed by atoms with Gasteiger partial charge in [0.15, 0.2) is 33.9 Å². The average molecular weight is 1900 g/mol. The Hall–Kier alpha value is -11.2. The zero-order valence-electron chi connectivity index (χ0n) is 80.3. The van der Waals surface area contributed by atoms with Crippen LogP contribution in [-0.2, 0) is 47.6 Å². The number of hydrogen-bond donors (Lipinski definition) is 10. The number of nitrogens with one attached hydrogen (secondary N) is 2. The number of anilines is 4. The Labute approximate surface area is 792 Å². The van der Waals surface area contributed by atoms with Gasteiger partial charge in [0.1, 0.15) is 68.6 Å². The Balaban J connectivity index is 0.000000229. The zero-order valence-corrected chi connectivity index (χ0v) is 81.9. The first-order valence-corrected chi connectivity index (χ1v) is 46.8. The number of allylic oxidation sites excluding steroid dienone is 4. The fourth-order valence-electron chi connectivity index (χ4n) is 19.4. The van der Waals surface area contributed by atoms with E-state index >= 15 is 0 Å². The molecule has 726 valence electrons. The number of carbonyl (C=O) groups excluding carboxylic acids is 4. The Morgan fingerprint density at radius 3 is 1.24 bits per heavy atom. The van der Waals surface area contributed by atoms with Gasteiger partial charge in [0.25, 0.3) is 11.8 Å². The fraction of sp³-hybridized carbons (Fsp3) is 0.505. The minimum Gasteiger partial charge on any atom is -0.507 e. The van der Waals surface area contributed by atoms with E-state index < -0.39 is 165 Å². The molecule has 10 N–H and O–H groups in total. The van der Waals surface area contributed by atoms with Gasteiger partial charge in [0.05, 0.1) is 79.4 Å². The van der Waals surface area contributed by atoms with Gasteiger partial charge in [-0.05, 0) is 70.9 Å². The number of hydrogen-bond acceptors (Lipinski definition) is 32. The molecule has 0 spiro atoms. The summed E-state index contributed by atoms with van der Waals surface area (Å²) in [7, 11) is 2.92. The van der Waals surface area contributed by atoms with Crippen LogP contribution in [0.25, 0.3) is 77.5 Å². The number of piperazine rings is 2. The lowest BCUT2D eigenvalue weighted by molar-refractivity contribution is -0.161. The predicted molar refractivity (Wildman–Crippen MR) is 522 cm³/mol. The van der Waals surface area contributed by atoms with Crippen molar-refractivity contribution in [3.8, 4) is 23.0 Å². The second-order valence-corrected chi connectivity index (χ2v) is 38.5. The number of aromatic hydroxyl groups is 2. The fourth-order valence-corrected chi connectivity index (χ4v) is 19.9. The molecule has 2 amide bonds. The van der Waals surface area contributed by atoms with Gasteiger partial charge < -0.3 is 108 Å². The van der Waals surface area contributed by atoms with Crippen molar-refractivity contribution in [3.63, 3.8) is 0 Å². The third-order valence-corrected chi connectivity index (χ3v) is 28.1. The number of benzene rings is 6. The first kappa shape index (κ1) is 101. The number of carbonyl (C=O) groups is 4. The summed E-state index contributed by atoms with van der Waals surface area (Å²) in [6.45, 7) is 40.6. The third-order valence-electron chi connectivity index (χ3n) is 27.5. The Kier molecular flexibility index (Phi) is 30.8. The van der Waals surface area contributed by atoms with E-state index in [9.17, 15) is 69.6 Å². The number of fused-ring (bicyclic) bond motifs is 7. The Morgan fingerprint density at radius 2 is 0.889 bits per heavy atom. The van der Waals surface area contributed by atoms with Crippen LogP contribution < -0.4 is 51.2 Å². The topological polar surface area (TPSA) is 427 Å². The highest BCUT2D eigenvalue weighted by atomic mass is 32.1. The summed E-state index contributed by atoms with van der Waals surface area (Å²) in [6, 6.07) is 7.32. The van der Waals surface area contributed by atoms with Crippen LogP contribution >= 0.6 is 24.4 Å². The summed E-state index contributed by atoms with van der Waals surface area (Å²) in [5, 5.41) is 99.4. The molecule has 2 aromatic heterocycles. The number of aliphatic hydroxyl groups is 6. The molecule has 0 radical (unpaired) electrons. The van der Waals surface area contributed by atoms with E-state index in [1.807, 2.05) is 24.3 Å². The first-order valence-electron chi connectivity index (χ1n) is 46.0. The summed E-state index contributed by atoms with van der Waals surface area (Å²) in [6.07, 6.45) is 8.56. The molecule has 6 aliphatic heterocycles. The van der Waals surface area contributed by atoms with Crippen molar-refractivity contribution in [1.29, 1.82) is 0 Å². The standard InChI is InChI=1S/C51H64N4O12S.C50H62N4O12S/c1-24(2)23-54-16-18-55(19-17-54)32-21-34-39(35(68)22-32)52-40-36-37-44(59)30(8)47-38(36)49(61)51(10,67-47)64-20-15-33(63-11)27(5)46(65-31(9)56)29(7)43(58)28(6)42(57)25(3)13-12-14-26(4)50(62)53-41(45(37)60)48(40)66-34;1-11-16-53-17-19-54(20-18-53)31-22-33-38(34(67)23-31)51-39-35-36-43(58)29(7)46-37(35)48(60)50(9,66-46)63-21-15-32(62-10)26(4)45(64-30(8)55)28(6)42(57)27(5)41(56)24(2)13-12-14-25(3)49(61)52-40(44(36)59)47(39)65-33/h12-15,20-22,24-25,27-29,33,42-43,46,57-59,61H,16-19,23H2,1-11H3,(H,53,62);12-15,21-24,26-28,32,41-42,45,56-58,60H,11,16-20H2,1-10H3,(H,52,61)/b13-12+,20-15+,26-14-;13-12+,21-15+,25-14-/t25-,27+,28+,29+,33-,42-,43+,46+,51?;24-,26+,27+,28+,32-,41-,42+,45+,50?/m00/s1. The van der Waals surface area contributed by atoms with Gasteiger partial charge >= 0.3 is 23.5 Å². The molecular weight excluding hydrogens is 1770 g/mol. The molecule has 2 fully saturated rings. The van der Waals surface area contributed by atoms with E-state index in [1.54, 1.807) is 106 Å². The van der Waals surface area contributed by atoms with Crippen molar-refractivity contribution in [3.05, 3.63) is 148 Å². The molecule has 6 aromatic carbocycles. The number of aromatic nitrogens is 2. The van der Waals surface area contributed by atoms with Crippen LogP contribution in [0.5, 0.6) is 23.0 Å². The Morgan fingerprint density at radius 1 is 0.519 bits per heavy atom. The molecule has 2 saturated heterocycles. The molecule has 32 nitrogen and oxygen atoms in total. The third kappa shape index (κ3) is 19.9. The van der Waals surface area contributed by atoms with Crippen molar-refractivity contribution in [2.45, 2.75) is 198 Å². The van der Waals surface area contributed by atoms with Crippen LogP contribution in [0, 0.1) is 76.1 Å². The maximum Gasteiger partial charge on any atom is 0.307 e. The summed E-state index contributed by atoms with van der Waals surface area (Å²) in [4.78, 5) is 102. The highest BCUT2D eigenvalue weighted by Crippen LogP contribution is 2.47. The number of ether oxygens (including phenoxy) is 8. The van der Waals surface area contributed by atoms with Crippen LogP contribution in [0.2, 0.25) is 0 Å². The number of aliphatic hydroxyl groups excluding tert-OH is 6. The molecule has 2 unspecified atom stereocenters. The van der Waals surface area contributed by atoms with E-state index in [2.05, 4.69) is 51.0 Å². The van der Waals surface area contributed by atoms with E-state index in [0.29, 0.717) is 14.9 Å². The van der Waals surface area contributed by atoms with Gasteiger partial charge in [0, 0.05) is 205 Å². The van der Waals surface area contributed by atoms with Crippen LogP contribution in [0.3, 0.4) is 0 Å². The Bertz CT molecular complexity index is 6560. The molecule has 34 heteroatoms. The zero-order chi connectivity index (χ0) is 98.5. The van der Waals surface area contributed by atoms with Gasteiger partial charge in [-0.3, -0.25) is 38.6 Å². The first-order chi connectivity index (χ1) is 63.8. The monoisotopic (exact) mass is 1900 g/mol. The van der Waals surface area contributed by atoms with Gasteiger partial charge in [-0.2, -0.15) is 0 Å². The summed E-state index contributed by atoms with van der Waals surface area (Å²) in [5.74, 6) is -12.7. The van der Waals surface area contributed by atoms with Crippen LogP contribution in [0.1, 0.15) is 135 Å². The number of amides is 2. The van der Waals surface area contributed by atoms with Crippen molar-refractivity contribution in [2.24, 2.45) is 53.3 Å². The van der Waals surface area contributed by atoms with E-state index in [1.165, 1.54) is 80.4 Å². The molecular formula is C101H126N8O24S2. The van der Waals surface area contributed by atoms with Crippen molar-refractivity contribution in [2.75, 3.05) is 100 Å². The second-order valence-electron chi connectivity index (χ2n) is 37.6. The number of methoxy groups -OCH3 is 2. The van der Waals surface area contributed by atoms with E-state index in [-0.39, 0.29) is 122 Å². The van der Waals surface area contributed by atoms with Crippen LogP contribution in [0.4, 0.5) is 22.7 Å². The molecule has 8 aromatic rings. The smallest absolute Gasteiger partial charge is 0.307 e. The maximum atomic E-state index is 14.9. The van der Waals surface area contributed by atoms with Crippen molar-refractivity contribution < 1.29 is 107 Å². The molecule has 135 heavy (non-hydrogen) atoms. The van der Waals surface area contributed by atoms with Gasteiger partial charge in [-0.15, -0.1) is 0 Å². The number of rotatable bonds is 10. The van der Waals surface area contributed by atoms with Crippen molar-refractivity contribution in [1.82, 2.24) is 19.8 Å². The molecule has 8 heterocycles. The van der Waals surface area contributed by atoms with Gasteiger partial charge in [0.2, 0.25) is 10.9 Å². The number of esters is 2. The average Bonchev–Trinajstić information content (AvgIpc) is 1.60. The predicted octanol–water partition coefficient (Wildman–Crippen LogP) is 13.2. The number of nitrogens with zero attached hydrogens (tertiary/aromatic N) is 6. The maximum absolute atomic E-state index is 14.9. The minimum atomic E-state index is -1.94. The van der Waals surface area contributed by atoms with E-state index in [4.69, 9.17) is 81.1 Å². The molecule has 0 aliphatic carbocycles. The quantitative estimate of drug-likeness (QED) is 0.0263. The summed E-state index contributed by atoms with van der Waals surface area (Å²) in [5.41, 5.74) is 0.681. The number of phenolic OH excluding ortho intramolecular Hbond substituents is 2. The highest BCUT2D eigenvalue weighted by Gasteiger charge is 2.48.